The minimum absolute atomic E-state index is 0.00160. The number of hydrogen-bond acceptors (Lipinski definition) is 2. The van der Waals surface area contributed by atoms with Crippen LogP contribution in [0.2, 0.25) is 0 Å². The minimum atomic E-state index is -0.396. The van der Waals surface area contributed by atoms with Crippen LogP contribution in [0, 0.1) is 5.92 Å². The molecule has 0 saturated carbocycles. The van der Waals surface area contributed by atoms with Crippen LogP contribution in [0.3, 0.4) is 0 Å². The van der Waals surface area contributed by atoms with E-state index in [0.29, 0.717) is 5.92 Å². The molecule has 0 aliphatic heterocycles. The van der Waals surface area contributed by atoms with Crippen LogP contribution in [0.1, 0.15) is 64.1 Å². The fraction of sp³-hybridized carbons (Fsp3) is 0.611. The molecule has 0 saturated heterocycles. The first-order valence-electron chi connectivity index (χ1n) is 8.08. The van der Waals surface area contributed by atoms with E-state index in [2.05, 4.69) is 50.4 Å². The van der Waals surface area contributed by atoms with Gasteiger partial charge in [-0.1, -0.05) is 57.9 Å². The van der Waals surface area contributed by atoms with Crippen LogP contribution < -0.4 is 11.1 Å². The van der Waals surface area contributed by atoms with Crippen LogP contribution in [-0.4, -0.2) is 11.9 Å². The molecule has 1 amide bonds. The van der Waals surface area contributed by atoms with Gasteiger partial charge in [0.05, 0.1) is 12.1 Å². The zero-order valence-corrected chi connectivity index (χ0v) is 13.9. The minimum Gasteiger partial charge on any atom is -0.348 e. The zero-order chi connectivity index (χ0) is 15.8. The summed E-state index contributed by atoms with van der Waals surface area (Å²) in [6.07, 6.45) is 3.89. The Hall–Kier alpha value is -1.35. The first kappa shape index (κ1) is 17.7. The van der Waals surface area contributed by atoms with Crippen molar-refractivity contribution >= 4 is 5.91 Å². The lowest BCUT2D eigenvalue weighted by Crippen LogP contribution is -2.41. The van der Waals surface area contributed by atoms with Crippen LogP contribution in [0.25, 0.3) is 0 Å². The quantitative estimate of drug-likeness (QED) is 0.769. The van der Waals surface area contributed by atoms with E-state index in [9.17, 15) is 4.79 Å². The van der Waals surface area contributed by atoms with Crippen molar-refractivity contribution in [3.05, 3.63) is 35.4 Å². The summed E-state index contributed by atoms with van der Waals surface area (Å²) < 4.78 is 0. The van der Waals surface area contributed by atoms with Gasteiger partial charge in [-0.2, -0.15) is 0 Å². The Labute approximate surface area is 129 Å². The molecule has 0 aliphatic carbocycles. The molecule has 0 spiro atoms. The predicted octanol–water partition coefficient (Wildman–Crippen LogP) is 3.58. The Bertz CT molecular complexity index is 425. The molecule has 0 heterocycles. The molecule has 0 aliphatic rings. The maximum Gasteiger partial charge on any atom is 0.237 e. The summed E-state index contributed by atoms with van der Waals surface area (Å²) in [5.41, 5.74) is 8.36. The number of rotatable bonds is 8. The largest absolute Gasteiger partial charge is 0.348 e. The summed E-state index contributed by atoms with van der Waals surface area (Å²) in [6.45, 7) is 8.54. The van der Waals surface area contributed by atoms with E-state index in [1.54, 1.807) is 0 Å². The highest BCUT2D eigenvalue weighted by Gasteiger charge is 2.16. The first-order valence-corrected chi connectivity index (χ1v) is 8.08. The number of carbonyl (C=O) groups is 1. The first-order chi connectivity index (χ1) is 9.93. The van der Waals surface area contributed by atoms with Crippen LogP contribution in [0.4, 0.5) is 0 Å². The number of benzene rings is 1. The molecule has 118 valence electrons. The fourth-order valence-electron chi connectivity index (χ4n) is 2.37. The van der Waals surface area contributed by atoms with Gasteiger partial charge >= 0.3 is 0 Å². The Kier molecular flexibility index (Phi) is 7.44. The maximum absolute atomic E-state index is 12.0. The maximum atomic E-state index is 12.0. The van der Waals surface area contributed by atoms with Gasteiger partial charge in [0.1, 0.15) is 0 Å². The van der Waals surface area contributed by atoms with E-state index < -0.39 is 6.04 Å². The lowest BCUT2D eigenvalue weighted by Gasteiger charge is -2.18. The van der Waals surface area contributed by atoms with E-state index in [-0.39, 0.29) is 11.9 Å². The summed E-state index contributed by atoms with van der Waals surface area (Å²) in [7, 11) is 0. The van der Waals surface area contributed by atoms with Gasteiger partial charge in [-0.15, -0.1) is 0 Å². The van der Waals surface area contributed by atoms with Crippen LogP contribution >= 0.6 is 0 Å². The van der Waals surface area contributed by atoms with Gasteiger partial charge in [-0.3, -0.25) is 4.79 Å². The van der Waals surface area contributed by atoms with Gasteiger partial charge in [-0.25, -0.2) is 0 Å². The van der Waals surface area contributed by atoms with Crippen LogP contribution in [-0.2, 0) is 11.2 Å². The van der Waals surface area contributed by atoms with Gasteiger partial charge in [-0.05, 0) is 36.8 Å². The summed E-state index contributed by atoms with van der Waals surface area (Å²) >= 11 is 0. The van der Waals surface area contributed by atoms with Crippen molar-refractivity contribution in [2.45, 2.75) is 65.5 Å². The topological polar surface area (TPSA) is 55.1 Å². The van der Waals surface area contributed by atoms with Crippen molar-refractivity contribution in [1.82, 2.24) is 5.32 Å². The Balaban J connectivity index is 2.54. The van der Waals surface area contributed by atoms with Crippen molar-refractivity contribution < 1.29 is 4.79 Å². The Morgan fingerprint density at radius 2 is 1.81 bits per heavy atom. The van der Waals surface area contributed by atoms with E-state index in [4.69, 9.17) is 5.73 Å². The van der Waals surface area contributed by atoms with E-state index >= 15 is 0 Å². The van der Waals surface area contributed by atoms with Crippen molar-refractivity contribution in [1.29, 1.82) is 0 Å². The van der Waals surface area contributed by atoms with E-state index in [1.165, 1.54) is 5.56 Å². The molecule has 21 heavy (non-hydrogen) atoms. The molecule has 1 aromatic rings. The second-order valence-electron chi connectivity index (χ2n) is 6.32. The van der Waals surface area contributed by atoms with Crippen molar-refractivity contribution in [3.8, 4) is 0 Å². The number of carbonyl (C=O) groups excluding carboxylic acids is 1. The summed E-state index contributed by atoms with van der Waals surface area (Å²) in [5.74, 6) is 0.603. The monoisotopic (exact) mass is 290 g/mol. The lowest BCUT2D eigenvalue weighted by molar-refractivity contribution is -0.123. The molecular formula is C18H30N2O. The van der Waals surface area contributed by atoms with Crippen molar-refractivity contribution in [2.75, 3.05) is 0 Å². The third-order valence-electron chi connectivity index (χ3n) is 3.69. The van der Waals surface area contributed by atoms with Crippen molar-refractivity contribution in [2.24, 2.45) is 11.7 Å². The zero-order valence-electron chi connectivity index (χ0n) is 13.9. The summed E-state index contributed by atoms with van der Waals surface area (Å²) in [5, 5.41) is 3.00. The number of hydrogen-bond donors (Lipinski definition) is 2. The third kappa shape index (κ3) is 6.30. The molecule has 0 bridgehead atoms. The smallest absolute Gasteiger partial charge is 0.237 e. The highest BCUT2D eigenvalue weighted by atomic mass is 16.2. The normalized spacial score (nSPS) is 14.0. The third-order valence-corrected chi connectivity index (χ3v) is 3.69. The molecule has 0 radical (unpaired) electrons. The summed E-state index contributed by atoms with van der Waals surface area (Å²) in [4.78, 5) is 12.0. The van der Waals surface area contributed by atoms with E-state index in [0.717, 1.165) is 31.2 Å². The van der Waals surface area contributed by atoms with Gasteiger partial charge < -0.3 is 11.1 Å². The second-order valence-corrected chi connectivity index (χ2v) is 6.32. The van der Waals surface area contributed by atoms with Crippen LogP contribution in [0.5, 0.6) is 0 Å². The van der Waals surface area contributed by atoms with Gasteiger partial charge in [0.15, 0.2) is 0 Å². The molecule has 2 atom stereocenters. The highest BCUT2D eigenvalue weighted by Crippen LogP contribution is 2.16. The van der Waals surface area contributed by atoms with Crippen molar-refractivity contribution in [3.63, 3.8) is 0 Å². The number of unbranched alkanes of at least 4 members (excludes halogenated alkanes) is 1. The van der Waals surface area contributed by atoms with Gasteiger partial charge in [0.25, 0.3) is 0 Å². The molecule has 2 unspecified atom stereocenters. The number of nitrogens with two attached hydrogens (primary N) is 1. The number of amides is 1. The number of nitrogens with one attached hydrogen (secondary N) is 1. The highest BCUT2D eigenvalue weighted by molar-refractivity contribution is 5.81. The molecule has 1 aromatic carbocycles. The molecule has 3 nitrogen and oxygen atoms in total. The Morgan fingerprint density at radius 3 is 2.33 bits per heavy atom. The lowest BCUT2D eigenvalue weighted by atomic mass is 9.99. The molecule has 0 fully saturated rings. The van der Waals surface area contributed by atoms with Gasteiger partial charge in [0.2, 0.25) is 5.91 Å². The average Bonchev–Trinajstić information content (AvgIpc) is 2.44. The second kappa shape index (κ2) is 8.83. The SMILES string of the molecule is CCCCC(N)C(=O)NC(C)c1ccc(CC(C)C)cc1. The fourth-order valence-corrected chi connectivity index (χ4v) is 2.37. The molecular weight excluding hydrogens is 260 g/mol. The predicted molar refractivity (Wildman–Crippen MR) is 89.0 cm³/mol. The van der Waals surface area contributed by atoms with Gasteiger partial charge in [0, 0.05) is 0 Å². The van der Waals surface area contributed by atoms with E-state index in [1.807, 2.05) is 6.92 Å². The average molecular weight is 290 g/mol. The molecule has 1 rings (SSSR count). The van der Waals surface area contributed by atoms with Crippen LogP contribution in [0.15, 0.2) is 24.3 Å². The molecule has 3 N–H and O–H groups in total. The Morgan fingerprint density at radius 1 is 1.19 bits per heavy atom. The molecule has 0 aromatic heterocycles. The molecule has 3 heteroatoms. The summed E-state index contributed by atoms with van der Waals surface area (Å²) in [6, 6.07) is 8.09. The standard InChI is InChI=1S/C18H30N2O/c1-5-6-7-17(19)18(21)20-14(4)16-10-8-15(9-11-16)12-13(2)3/h8-11,13-14,17H,5-7,12,19H2,1-4H3,(H,20,21).